The van der Waals surface area contributed by atoms with E-state index in [1.807, 2.05) is 26.0 Å². The number of hydrogen-bond donors (Lipinski definition) is 2. The molecule has 0 saturated carbocycles. The van der Waals surface area contributed by atoms with Crippen molar-refractivity contribution in [2.24, 2.45) is 0 Å². The highest BCUT2D eigenvalue weighted by Crippen LogP contribution is 2.25. The van der Waals surface area contributed by atoms with E-state index in [0.29, 0.717) is 11.4 Å². The van der Waals surface area contributed by atoms with Gasteiger partial charge in [0.2, 0.25) is 5.91 Å². The highest BCUT2D eigenvalue weighted by Gasteiger charge is 2.18. The Labute approximate surface area is 215 Å². The second-order valence-electron chi connectivity index (χ2n) is 8.00. The Bertz CT molecular complexity index is 1280. The second-order valence-corrected chi connectivity index (χ2v) is 8.92. The minimum absolute atomic E-state index is 0.0207. The SMILES string of the molecule is Cc1cc(Br)cc(C)c1NC(=O)COc1ccc(F)cc1C(=O)NCC(=O)N(C)c1ccc(F)cc1. The van der Waals surface area contributed by atoms with Gasteiger partial charge in [0, 0.05) is 22.9 Å². The molecule has 0 heterocycles. The highest BCUT2D eigenvalue weighted by atomic mass is 79.9. The van der Waals surface area contributed by atoms with E-state index < -0.39 is 42.5 Å². The van der Waals surface area contributed by atoms with Gasteiger partial charge < -0.3 is 20.3 Å². The van der Waals surface area contributed by atoms with Crippen LogP contribution in [0, 0.1) is 25.5 Å². The Morgan fingerprint density at radius 3 is 2.19 bits per heavy atom. The molecule has 0 aliphatic rings. The summed E-state index contributed by atoms with van der Waals surface area (Å²) in [6, 6.07) is 12.3. The van der Waals surface area contributed by atoms with E-state index in [4.69, 9.17) is 4.74 Å². The van der Waals surface area contributed by atoms with E-state index in [2.05, 4.69) is 26.6 Å². The van der Waals surface area contributed by atoms with Crippen LogP contribution in [0.3, 0.4) is 0 Å². The summed E-state index contributed by atoms with van der Waals surface area (Å²) >= 11 is 3.40. The van der Waals surface area contributed by atoms with Crippen LogP contribution in [0.4, 0.5) is 20.2 Å². The number of halogens is 3. The van der Waals surface area contributed by atoms with Gasteiger partial charge in [0.25, 0.3) is 11.8 Å². The van der Waals surface area contributed by atoms with Crippen LogP contribution < -0.4 is 20.3 Å². The lowest BCUT2D eigenvalue weighted by Gasteiger charge is -2.18. The average molecular weight is 560 g/mol. The van der Waals surface area contributed by atoms with Crippen molar-refractivity contribution in [2.75, 3.05) is 30.4 Å². The maximum atomic E-state index is 13.9. The molecule has 0 spiro atoms. The van der Waals surface area contributed by atoms with E-state index >= 15 is 0 Å². The van der Waals surface area contributed by atoms with Crippen molar-refractivity contribution in [1.82, 2.24) is 5.32 Å². The fourth-order valence-corrected chi connectivity index (χ4v) is 4.10. The fourth-order valence-electron chi connectivity index (χ4n) is 3.41. The lowest BCUT2D eigenvalue weighted by molar-refractivity contribution is -0.118. The molecule has 3 amide bonds. The first kappa shape index (κ1) is 26.8. The van der Waals surface area contributed by atoms with Gasteiger partial charge in [-0.05, 0) is 79.6 Å². The molecule has 0 aliphatic heterocycles. The number of carbonyl (C=O) groups is 3. The number of ether oxygens (including phenoxy) is 1. The number of aryl methyl sites for hydroxylation is 2. The summed E-state index contributed by atoms with van der Waals surface area (Å²) in [5.41, 5.74) is 2.62. The van der Waals surface area contributed by atoms with Crippen molar-refractivity contribution in [1.29, 1.82) is 0 Å². The summed E-state index contributed by atoms with van der Waals surface area (Å²) in [5, 5.41) is 5.19. The van der Waals surface area contributed by atoms with Gasteiger partial charge in [0.15, 0.2) is 6.61 Å². The molecule has 0 aliphatic carbocycles. The molecule has 0 aromatic heterocycles. The van der Waals surface area contributed by atoms with E-state index in [0.717, 1.165) is 27.7 Å². The van der Waals surface area contributed by atoms with Crippen LogP contribution in [-0.2, 0) is 9.59 Å². The van der Waals surface area contributed by atoms with Crippen LogP contribution in [0.15, 0.2) is 59.1 Å². The van der Waals surface area contributed by atoms with Crippen LogP contribution in [-0.4, -0.2) is 37.9 Å². The molecule has 0 bridgehead atoms. The monoisotopic (exact) mass is 559 g/mol. The zero-order valence-corrected chi connectivity index (χ0v) is 21.4. The molecule has 3 rings (SSSR count). The molecular weight excluding hydrogens is 536 g/mol. The van der Waals surface area contributed by atoms with Crippen molar-refractivity contribution in [3.05, 3.63) is 87.4 Å². The fraction of sp³-hybridized carbons (Fsp3) is 0.192. The van der Waals surface area contributed by atoms with Gasteiger partial charge in [-0.15, -0.1) is 0 Å². The lowest BCUT2D eigenvalue weighted by atomic mass is 10.1. The van der Waals surface area contributed by atoms with E-state index in [9.17, 15) is 23.2 Å². The summed E-state index contributed by atoms with van der Waals surface area (Å²) in [5.74, 6) is -2.85. The maximum Gasteiger partial charge on any atom is 0.262 e. The molecule has 0 fully saturated rings. The Balaban J connectivity index is 1.63. The van der Waals surface area contributed by atoms with Crippen molar-refractivity contribution in [2.45, 2.75) is 13.8 Å². The second kappa shape index (κ2) is 11.8. The molecule has 2 N–H and O–H groups in total. The Kier molecular flexibility index (Phi) is 8.76. The number of amides is 3. The van der Waals surface area contributed by atoms with Gasteiger partial charge in [-0.2, -0.15) is 0 Å². The Hall–Kier alpha value is -3.79. The van der Waals surface area contributed by atoms with Crippen LogP contribution >= 0.6 is 15.9 Å². The third-order valence-corrected chi connectivity index (χ3v) is 5.75. The van der Waals surface area contributed by atoms with Gasteiger partial charge in [0.05, 0.1) is 12.1 Å². The van der Waals surface area contributed by atoms with Crippen LogP contribution in [0.2, 0.25) is 0 Å². The smallest absolute Gasteiger partial charge is 0.262 e. The summed E-state index contributed by atoms with van der Waals surface area (Å²) in [6.45, 7) is 2.88. The molecule has 36 heavy (non-hydrogen) atoms. The first-order chi connectivity index (χ1) is 17.0. The van der Waals surface area contributed by atoms with Crippen LogP contribution in [0.1, 0.15) is 21.5 Å². The molecule has 0 saturated heterocycles. The summed E-state index contributed by atoms with van der Waals surface area (Å²) in [7, 11) is 1.48. The number of anilines is 2. The van der Waals surface area contributed by atoms with Crippen molar-refractivity contribution in [3.63, 3.8) is 0 Å². The molecule has 0 atom stereocenters. The van der Waals surface area contributed by atoms with Gasteiger partial charge >= 0.3 is 0 Å². The number of hydrogen-bond acceptors (Lipinski definition) is 4. The van der Waals surface area contributed by atoms with Crippen LogP contribution in [0.5, 0.6) is 5.75 Å². The number of carbonyl (C=O) groups excluding carboxylic acids is 3. The van der Waals surface area contributed by atoms with Gasteiger partial charge in [0.1, 0.15) is 17.4 Å². The molecule has 3 aromatic rings. The molecular formula is C26H24BrF2N3O4. The topological polar surface area (TPSA) is 87.7 Å². The largest absolute Gasteiger partial charge is 0.483 e. The zero-order valence-electron chi connectivity index (χ0n) is 19.8. The lowest BCUT2D eigenvalue weighted by Crippen LogP contribution is -2.38. The Morgan fingerprint density at radius 2 is 1.56 bits per heavy atom. The normalized spacial score (nSPS) is 10.5. The minimum Gasteiger partial charge on any atom is -0.483 e. The summed E-state index contributed by atoms with van der Waals surface area (Å²) in [6.07, 6.45) is 0. The molecule has 0 radical (unpaired) electrons. The predicted molar refractivity (Wildman–Crippen MR) is 136 cm³/mol. The molecule has 3 aromatic carbocycles. The molecule has 0 unspecified atom stereocenters. The predicted octanol–water partition coefficient (Wildman–Crippen LogP) is 4.75. The van der Waals surface area contributed by atoms with Gasteiger partial charge in [-0.3, -0.25) is 14.4 Å². The average Bonchev–Trinajstić information content (AvgIpc) is 2.83. The number of nitrogens with zero attached hydrogens (tertiary/aromatic N) is 1. The molecule has 10 heteroatoms. The van der Waals surface area contributed by atoms with Crippen molar-refractivity contribution in [3.8, 4) is 5.75 Å². The standard InChI is InChI=1S/C26H24BrF2N3O4/c1-15-10-17(27)11-16(2)25(15)31-23(33)14-36-22-9-6-19(29)12-21(22)26(35)30-13-24(34)32(3)20-7-4-18(28)5-8-20/h4-12H,13-14H2,1-3H3,(H,30,35)(H,31,33). The van der Waals surface area contributed by atoms with Gasteiger partial charge in [-0.1, -0.05) is 15.9 Å². The number of rotatable bonds is 8. The summed E-state index contributed by atoms with van der Waals surface area (Å²) < 4.78 is 33.4. The van der Waals surface area contributed by atoms with E-state index in [1.165, 1.54) is 42.3 Å². The summed E-state index contributed by atoms with van der Waals surface area (Å²) in [4.78, 5) is 38.9. The zero-order chi connectivity index (χ0) is 26.4. The first-order valence-electron chi connectivity index (χ1n) is 10.8. The quantitative estimate of drug-likeness (QED) is 0.416. The van der Waals surface area contributed by atoms with Crippen LogP contribution in [0.25, 0.3) is 0 Å². The number of likely N-dealkylation sites (N-methyl/N-ethyl adjacent to an activating group) is 1. The van der Waals surface area contributed by atoms with E-state index in [1.54, 1.807) is 0 Å². The highest BCUT2D eigenvalue weighted by molar-refractivity contribution is 9.10. The van der Waals surface area contributed by atoms with Gasteiger partial charge in [-0.25, -0.2) is 8.78 Å². The molecule has 7 nitrogen and oxygen atoms in total. The Morgan fingerprint density at radius 1 is 0.944 bits per heavy atom. The van der Waals surface area contributed by atoms with Crippen molar-refractivity contribution >= 4 is 45.0 Å². The molecule has 188 valence electrons. The maximum absolute atomic E-state index is 13.9. The van der Waals surface area contributed by atoms with E-state index in [-0.39, 0.29) is 11.3 Å². The third-order valence-electron chi connectivity index (χ3n) is 5.30. The minimum atomic E-state index is -0.759. The number of benzene rings is 3. The first-order valence-corrected chi connectivity index (χ1v) is 11.6. The van der Waals surface area contributed by atoms with Crippen molar-refractivity contribution < 1.29 is 27.9 Å². The number of nitrogens with one attached hydrogen (secondary N) is 2. The third kappa shape index (κ3) is 6.88.